The van der Waals surface area contributed by atoms with Gasteiger partial charge in [0.1, 0.15) is 0 Å². The molecular formula is C23H24N2O3S. The number of sulfonamides is 1. The van der Waals surface area contributed by atoms with Crippen LogP contribution in [0.3, 0.4) is 0 Å². The minimum absolute atomic E-state index is 0.183. The summed E-state index contributed by atoms with van der Waals surface area (Å²) in [5.41, 5.74) is 3.73. The first-order valence-corrected chi connectivity index (χ1v) is 10.8. The minimum atomic E-state index is -3.67. The molecule has 3 rings (SSSR count). The van der Waals surface area contributed by atoms with Crippen LogP contribution in [0.2, 0.25) is 0 Å². The van der Waals surface area contributed by atoms with E-state index >= 15 is 0 Å². The molecule has 1 amide bonds. The van der Waals surface area contributed by atoms with Gasteiger partial charge in [0.2, 0.25) is 0 Å². The summed E-state index contributed by atoms with van der Waals surface area (Å²) in [4.78, 5) is 12.9. The summed E-state index contributed by atoms with van der Waals surface area (Å²) < 4.78 is 27.3. The molecule has 3 aromatic rings. The standard InChI is InChI=1S/C23H24N2O3S/c1-16(2)21-11-7-8-17(3)22(21)24-23(26)18-12-14-19(15-13-18)25-29(27,28)20-9-5-4-6-10-20/h4-16,25H,1-3H3,(H,24,26). The van der Waals surface area contributed by atoms with Gasteiger partial charge in [-0.05, 0) is 60.4 Å². The van der Waals surface area contributed by atoms with Crippen molar-refractivity contribution in [3.05, 3.63) is 89.5 Å². The number of anilines is 2. The highest BCUT2D eigenvalue weighted by molar-refractivity contribution is 7.92. The molecule has 0 radical (unpaired) electrons. The molecule has 150 valence electrons. The largest absolute Gasteiger partial charge is 0.321 e. The molecule has 0 heterocycles. The second-order valence-electron chi connectivity index (χ2n) is 7.14. The molecule has 0 aliphatic heterocycles. The van der Waals surface area contributed by atoms with Crippen LogP contribution in [0.5, 0.6) is 0 Å². The SMILES string of the molecule is Cc1cccc(C(C)C)c1NC(=O)c1ccc(NS(=O)(=O)c2ccccc2)cc1. The summed E-state index contributed by atoms with van der Waals surface area (Å²) in [5.74, 6) is 0.0404. The zero-order valence-corrected chi connectivity index (χ0v) is 17.5. The number of amides is 1. The summed E-state index contributed by atoms with van der Waals surface area (Å²) in [7, 11) is -3.67. The summed E-state index contributed by atoms with van der Waals surface area (Å²) in [6.45, 7) is 6.12. The van der Waals surface area contributed by atoms with Crippen LogP contribution in [0.4, 0.5) is 11.4 Å². The lowest BCUT2D eigenvalue weighted by molar-refractivity contribution is 0.102. The minimum Gasteiger partial charge on any atom is -0.321 e. The lowest BCUT2D eigenvalue weighted by Crippen LogP contribution is -2.15. The van der Waals surface area contributed by atoms with E-state index < -0.39 is 10.0 Å². The third-order valence-corrected chi connectivity index (χ3v) is 6.02. The first kappa shape index (κ1) is 20.6. The molecule has 0 atom stereocenters. The number of carbonyl (C=O) groups is 1. The number of nitrogens with one attached hydrogen (secondary N) is 2. The molecule has 29 heavy (non-hydrogen) atoms. The van der Waals surface area contributed by atoms with Gasteiger partial charge in [0, 0.05) is 16.9 Å². The fraction of sp³-hybridized carbons (Fsp3) is 0.174. The Hall–Kier alpha value is -3.12. The second kappa shape index (κ2) is 8.49. The van der Waals surface area contributed by atoms with Crippen molar-refractivity contribution in [1.82, 2.24) is 0 Å². The molecular weight excluding hydrogens is 384 g/mol. The van der Waals surface area contributed by atoms with Gasteiger partial charge in [0.05, 0.1) is 4.90 Å². The highest BCUT2D eigenvalue weighted by atomic mass is 32.2. The zero-order valence-electron chi connectivity index (χ0n) is 16.6. The van der Waals surface area contributed by atoms with Crippen LogP contribution in [0.25, 0.3) is 0 Å². The van der Waals surface area contributed by atoms with Gasteiger partial charge in [-0.2, -0.15) is 0 Å². The molecule has 2 N–H and O–H groups in total. The quantitative estimate of drug-likeness (QED) is 0.591. The summed E-state index contributed by atoms with van der Waals surface area (Å²) in [6.07, 6.45) is 0. The molecule has 0 bridgehead atoms. The van der Waals surface area contributed by atoms with Gasteiger partial charge in [-0.3, -0.25) is 9.52 Å². The van der Waals surface area contributed by atoms with Gasteiger partial charge in [-0.1, -0.05) is 50.2 Å². The molecule has 5 nitrogen and oxygen atoms in total. The van der Waals surface area contributed by atoms with Crippen LogP contribution in [0.15, 0.2) is 77.7 Å². The molecule has 0 unspecified atom stereocenters. The van der Waals surface area contributed by atoms with Crippen molar-refractivity contribution >= 4 is 27.3 Å². The lowest BCUT2D eigenvalue weighted by atomic mass is 9.98. The van der Waals surface area contributed by atoms with Crippen molar-refractivity contribution in [2.45, 2.75) is 31.6 Å². The van der Waals surface area contributed by atoms with E-state index in [9.17, 15) is 13.2 Å². The topological polar surface area (TPSA) is 75.3 Å². The third-order valence-electron chi connectivity index (χ3n) is 4.62. The van der Waals surface area contributed by atoms with Gasteiger partial charge < -0.3 is 5.32 Å². The molecule has 0 aromatic heterocycles. The Labute approximate surface area is 171 Å². The third kappa shape index (κ3) is 4.84. The number of hydrogen-bond donors (Lipinski definition) is 2. The van der Waals surface area contributed by atoms with E-state index in [4.69, 9.17) is 0 Å². The lowest BCUT2D eigenvalue weighted by Gasteiger charge is -2.16. The van der Waals surface area contributed by atoms with E-state index in [0.717, 1.165) is 16.8 Å². The highest BCUT2D eigenvalue weighted by Crippen LogP contribution is 2.28. The van der Waals surface area contributed by atoms with E-state index in [1.807, 2.05) is 25.1 Å². The molecule has 0 spiro atoms. The maximum absolute atomic E-state index is 12.7. The Morgan fingerprint density at radius 2 is 1.52 bits per heavy atom. The fourth-order valence-corrected chi connectivity index (χ4v) is 4.11. The van der Waals surface area contributed by atoms with E-state index in [1.54, 1.807) is 42.5 Å². The van der Waals surface area contributed by atoms with Crippen molar-refractivity contribution in [2.24, 2.45) is 0 Å². The van der Waals surface area contributed by atoms with Gasteiger partial charge in [0.25, 0.3) is 15.9 Å². The van der Waals surface area contributed by atoms with Gasteiger partial charge in [-0.15, -0.1) is 0 Å². The van der Waals surface area contributed by atoms with E-state index in [0.29, 0.717) is 11.3 Å². The molecule has 0 saturated carbocycles. The molecule has 0 fully saturated rings. The predicted octanol–water partition coefficient (Wildman–Crippen LogP) is 5.17. The van der Waals surface area contributed by atoms with Crippen LogP contribution in [-0.2, 0) is 10.0 Å². The van der Waals surface area contributed by atoms with Crippen molar-refractivity contribution in [3.63, 3.8) is 0 Å². The highest BCUT2D eigenvalue weighted by Gasteiger charge is 2.15. The Morgan fingerprint density at radius 3 is 2.14 bits per heavy atom. The van der Waals surface area contributed by atoms with Crippen LogP contribution >= 0.6 is 0 Å². The van der Waals surface area contributed by atoms with Crippen LogP contribution in [0, 0.1) is 6.92 Å². The average Bonchev–Trinajstić information content (AvgIpc) is 2.70. The predicted molar refractivity (Wildman–Crippen MR) is 117 cm³/mol. The van der Waals surface area contributed by atoms with Gasteiger partial charge in [0.15, 0.2) is 0 Å². The van der Waals surface area contributed by atoms with Crippen molar-refractivity contribution in [3.8, 4) is 0 Å². The summed E-state index contributed by atoms with van der Waals surface area (Å²) >= 11 is 0. The smallest absolute Gasteiger partial charge is 0.261 e. The Balaban J connectivity index is 1.77. The maximum atomic E-state index is 12.7. The van der Waals surface area contributed by atoms with E-state index in [1.165, 1.54) is 12.1 Å². The fourth-order valence-electron chi connectivity index (χ4n) is 3.03. The Bertz CT molecular complexity index is 1110. The maximum Gasteiger partial charge on any atom is 0.261 e. The van der Waals surface area contributed by atoms with Crippen LogP contribution < -0.4 is 10.0 Å². The molecule has 0 saturated heterocycles. The average molecular weight is 409 g/mol. The van der Waals surface area contributed by atoms with Gasteiger partial charge in [-0.25, -0.2) is 8.42 Å². The normalized spacial score (nSPS) is 11.3. The molecule has 6 heteroatoms. The van der Waals surface area contributed by atoms with Crippen molar-refractivity contribution in [2.75, 3.05) is 10.0 Å². The summed E-state index contributed by atoms with van der Waals surface area (Å²) in [5, 5.41) is 2.99. The van der Waals surface area contributed by atoms with Crippen molar-refractivity contribution in [1.29, 1.82) is 0 Å². The van der Waals surface area contributed by atoms with E-state index in [2.05, 4.69) is 23.9 Å². The number of rotatable bonds is 6. The molecule has 0 aliphatic rings. The van der Waals surface area contributed by atoms with Crippen LogP contribution in [0.1, 0.15) is 41.3 Å². The second-order valence-corrected chi connectivity index (χ2v) is 8.83. The van der Waals surface area contributed by atoms with Crippen LogP contribution in [-0.4, -0.2) is 14.3 Å². The first-order valence-electron chi connectivity index (χ1n) is 9.37. The van der Waals surface area contributed by atoms with Crippen molar-refractivity contribution < 1.29 is 13.2 Å². The zero-order chi connectivity index (χ0) is 21.0. The first-order chi connectivity index (χ1) is 13.8. The van der Waals surface area contributed by atoms with Gasteiger partial charge >= 0.3 is 0 Å². The number of carbonyl (C=O) groups excluding carboxylic acids is 1. The Morgan fingerprint density at radius 1 is 0.862 bits per heavy atom. The van der Waals surface area contributed by atoms with E-state index in [-0.39, 0.29) is 16.7 Å². The summed E-state index contributed by atoms with van der Waals surface area (Å²) in [6, 6.07) is 20.5. The Kier molecular flexibility index (Phi) is 6.03. The number of para-hydroxylation sites is 1. The monoisotopic (exact) mass is 408 g/mol. The number of benzene rings is 3. The molecule has 0 aliphatic carbocycles. The molecule has 3 aromatic carbocycles. The number of hydrogen-bond acceptors (Lipinski definition) is 3. The number of aryl methyl sites for hydroxylation is 1.